The summed E-state index contributed by atoms with van der Waals surface area (Å²) in [6.07, 6.45) is 5.85. The van der Waals surface area contributed by atoms with E-state index in [1.165, 1.54) is 19.3 Å². The van der Waals surface area contributed by atoms with Gasteiger partial charge in [-0.25, -0.2) is 0 Å². The Labute approximate surface area is 120 Å². The number of hydrogen-bond acceptors (Lipinski definition) is 1. The SMILES string of the molecule is CCCCCCC(Br)(Br)C(Br)(Br)CO. The van der Waals surface area contributed by atoms with Gasteiger partial charge in [0.1, 0.15) is 6.47 Å². The largest absolute Gasteiger partial charge is 0.394 e. The van der Waals surface area contributed by atoms with Gasteiger partial charge in [0, 0.05) is 0 Å². The molecule has 0 aromatic carbocycles. The zero-order chi connectivity index (χ0) is 11.2. The molecule has 0 saturated heterocycles. The minimum atomic E-state index is -0.501. The van der Waals surface area contributed by atoms with E-state index in [-0.39, 0.29) is 9.84 Å². The molecule has 0 aliphatic heterocycles. The molecule has 0 aromatic rings. The molecular weight excluding hydrogens is 444 g/mol. The van der Waals surface area contributed by atoms with Crippen LogP contribution in [0.1, 0.15) is 39.0 Å². The van der Waals surface area contributed by atoms with Crippen molar-refractivity contribution in [3.05, 3.63) is 0 Å². The van der Waals surface area contributed by atoms with Crippen LogP contribution in [0.4, 0.5) is 0 Å². The molecule has 0 aromatic heterocycles. The molecule has 0 saturated carbocycles. The topological polar surface area (TPSA) is 20.2 Å². The highest BCUT2D eigenvalue weighted by molar-refractivity contribution is 9.30. The Kier molecular flexibility index (Phi) is 8.23. The highest BCUT2D eigenvalue weighted by Gasteiger charge is 2.43. The molecule has 1 N–H and O–H groups in total. The lowest BCUT2D eigenvalue weighted by molar-refractivity contribution is 0.282. The fourth-order valence-corrected chi connectivity index (χ4v) is 2.28. The van der Waals surface area contributed by atoms with Crippen molar-refractivity contribution in [3.63, 3.8) is 0 Å². The number of aliphatic hydroxyl groups is 1. The summed E-state index contributed by atoms with van der Waals surface area (Å²) in [5.74, 6) is 0. The van der Waals surface area contributed by atoms with Crippen LogP contribution in [0.15, 0.2) is 0 Å². The molecule has 86 valence electrons. The molecule has 0 amide bonds. The van der Waals surface area contributed by atoms with Crippen molar-refractivity contribution in [2.24, 2.45) is 0 Å². The molecule has 0 atom stereocenters. The zero-order valence-corrected chi connectivity index (χ0v) is 14.5. The van der Waals surface area contributed by atoms with Crippen molar-refractivity contribution in [2.45, 2.75) is 45.5 Å². The van der Waals surface area contributed by atoms with Crippen LogP contribution < -0.4 is 0 Å². The third kappa shape index (κ3) is 5.28. The fraction of sp³-hybridized carbons (Fsp3) is 1.00. The Bertz CT molecular complexity index is 159. The van der Waals surface area contributed by atoms with Crippen LogP contribution >= 0.6 is 63.7 Å². The molecule has 5 heteroatoms. The number of aliphatic hydroxyl groups excluding tert-OH is 1. The lowest BCUT2D eigenvalue weighted by Crippen LogP contribution is -2.37. The molecular formula is C9H16Br4O. The third-order valence-corrected chi connectivity index (χ3v) is 8.21. The van der Waals surface area contributed by atoms with E-state index >= 15 is 0 Å². The Morgan fingerprint density at radius 1 is 0.929 bits per heavy atom. The minimum Gasteiger partial charge on any atom is -0.394 e. The summed E-state index contributed by atoms with van der Waals surface area (Å²) in [7, 11) is 0. The number of hydrogen-bond donors (Lipinski definition) is 1. The van der Waals surface area contributed by atoms with Crippen LogP contribution in [0.2, 0.25) is 0 Å². The van der Waals surface area contributed by atoms with Gasteiger partial charge >= 0.3 is 0 Å². The summed E-state index contributed by atoms with van der Waals surface area (Å²) in [4.78, 5) is 0. The van der Waals surface area contributed by atoms with Gasteiger partial charge in [0.05, 0.1) is 6.61 Å². The van der Waals surface area contributed by atoms with Gasteiger partial charge in [-0.3, -0.25) is 0 Å². The summed E-state index contributed by atoms with van der Waals surface area (Å²) in [5.41, 5.74) is 0. The van der Waals surface area contributed by atoms with Gasteiger partial charge < -0.3 is 5.11 Å². The molecule has 0 rings (SSSR count). The van der Waals surface area contributed by atoms with E-state index in [0.29, 0.717) is 0 Å². The van der Waals surface area contributed by atoms with E-state index < -0.39 is 3.23 Å². The first-order valence-electron chi connectivity index (χ1n) is 4.74. The second kappa shape index (κ2) is 7.25. The van der Waals surface area contributed by atoms with Crippen LogP contribution in [0.5, 0.6) is 0 Å². The van der Waals surface area contributed by atoms with Gasteiger partial charge in [-0.05, 0) is 6.42 Å². The van der Waals surface area contributed by atoms with Gasteiger partial charge in [-0.15, -0.1) is 0 Å². The summed E-state index contributed by atoms with van der Waals surface area (Å²) < 4.78 is -0.797. The van der Waals surface area contributed by atoms with E-state index in [1.54, 1.807) is 0 Å². The smallest absolute Gasteiger partial charge is 0.128 e. The van der Waals surface area contributed by atoms with Crippen LogP contribution in [0.25, 0.3) is 0 Å². The average Bonchev–Trinajstić information content (AvgIpc) is 2.12. The molecule has 1 nitrogen and oxygen atoms in total. The Morgan fingerprint density at radius 3 is 1.93 bits per heavy atom. The quantitative estimate of drug-likeness (QED) is 0.423. The molecule has 0 aliphatic carbocycles. The molecule has 0 bridgehead atoms. The molecule has 0 unspecified atom stereocenters. The van der Waals surface area contributed by atoms with Crippen molar-refractivity contribution in [2.75, 3.05) is 6.61 Å². The second-order valence-corrected chi connectivity index (χ2v) is 10.9. The van der Waals surface area contributed by atoms with Crippen molar-refractivity contribution < 1.29 is 5.11 Å². The summed E-state index contributed by atoms with van der Waals surface area (Å²) in [5, 5.41) is 9.18. The number of unbranched alkanes of at least 4 members (excludes halogenated alkanes) is 3. The molecule has 14 heavy (non-hydrogen) atoms. The highest BCUT2D eigenvalue weighted by atomic mass is 79.9. The van der Waals surface area contributed by atoms with Gasteiger partial charge in [0.25, 0.3) is 0 Å². The van der Waals surface area contributed by atoms with Gasteiger partial charge in [-0.1, -0.05) is 96.3 Å². The van der Waals surface area contributed by atoms with Crippen molar-refractivity contribution in [1.29, 1.82) is 0 Å². The van der Waals surface area contributed by atoms with Crippen LogP contribution in [0, 0.1) is 0 Å². The van der Waals surface area contributed by atoms with Gasteiger partial charge in [0.15, 0.2) is 0 Å². The van der Waals surface area contributed by atoms with Crippen molar-refractivity contribution in [1.82, 2.24) is 0 Å². The predicted octanol–water partition coefficient (Wildman–Crippen LogP) is 4.92. The van der Waals surface area contributed by atoms with E-state index in [9.17, 15) is 5.11 Å². The molecule has 0 fully saturated rings. The number of alkyl halides is 4. The molecule has 0 spiro atoms. The van der Waals surface area contributed by atoms with Crippen molar-refractivity contribution in [3.8, 4) is 0 Å². The summed E-state index contributed by atoms with van der Waals surface area (Å²) >= 11 is 14.0. The lowest BCUT2D eigenvalue weighted by atomic mass is 10.1. The first kappa shape index (κ1) is 15.9. The maximum atomic E-state index is 9.18. The predicted molar refractivity (Wildman–Crippen MR) is 77.0 cm³/mol. The Balaban J connectivity index is 3.94. The first-order chi connectivity index (χ1) is 6.37. The zero-order valence-electron chi connectivity index (χ0n) is 8.20. The van der Waals surface area contributed by atoms with Gasteiger partial charge in [0.2, 0.25) is 0 Å². The average molecular weight is 460 g/mol. The maximum Gasteiger partial charge on any atom is 0.128 e. The maximum absolute atomic E-state index is 9.18. The van der Waals surface area contributed by atoms with E-state index in [1.807, 2.05) is 0 Å². The van der Waals surface area contributed by atoms with Crippen LogP contribution in [-0.4, -0.2) is 18.2 Å². The van der Waals surface area contributed by atoms with Crippen molar-refractivity contribution >= 4 is 63.7 Å². The molecule has 0 heterocycles. The van der Waals surface area contributed by atoms with Gasteiger partial charge in [-0.2, -0.15) is 0 Å². The minimum absolute atomic E-state index is 0.0251. The lowest BCUT2D eigenvalue weighted by Gasteiger charge is -2.33. The van der Waals surface area contributed by atoms with E-state index in [0.717, 1.165) is 12.8 Å². The van der Waals surface area contributed by atoms with Crippen LogP contribution in [0.3, 0.4) is 0 Å². The normalized spacial score (nSPS) is 13.3. The van der Waals surface area contributed by atoms with E-state index in [4.69, 9.17) is 0 Å². The van der Waals surface area contributed by atoms with Crippen LogP contribution in [-0.2, 0) is 0 Å². The highest BCUT2D eigenvalue weighted by Crippen LogP contribution is 2.50. The Morgan fingerprint density at radius 2 is 1.50 bits per heavy atom. The third-order valence-electron chi connectivity index (χ3n) is 2.08. The fourth-order valence-electron chi connectivity index (χ4n) is 1.07. The molecule has 0 radical (unpaired) electrons. The Hall–Kier alpha value is 1.88. The summed E-state index contributed by atoms with van der Waals surface area (Å²) in [6, 6.07) is 0. The second-order valence-electron chi connectivity index (χ2n) is 3.38. The monoisotopic (exact) mass is 456 g/mol. The molecule has 0 aliphatic rings. The van der Waals surface area contributed by atoms with E-state index in [2.05, 4.69) is 70.6 Å². The number of halogens is 4. The summed E-state index contributed by atoms with van der Waals surface area (Å²) in [6.45, 7) is 2.22. The first-order valence-corrected chi connectivity index (χ1v) is 7.91. The number of rotatable bonds is 7. The standard InChI is InChI=1S/C9H16Br4O/c1-2-3-4-5-6-8(10,11)9(12,13)7-14/h14H,2-7H2,1H3.